The molecule has 1 aliphatic rings. The fraction of sp³-hybridized carbons (Fsp3) is 0.200. The molecule has 2 amide bonds. The monoisotopic (exact) mass is 304 g/mol. The molecule has 1 N–H and O–H groups in total. The number of nitrogens with one attached hydrogen (secondary N) is 1. The highest BCUT2D eigenvalue weighted by atomic mass is 32.1. The fourth-order valence-corrected chi connectivity index (χ4v) is 2.97. The number of amides is 2. The average Bonchev–Trinajstić information content (AvgIpc) is 3.10. The van der Waals surface area contributed by atoms with Crippen molar-refractivity contribution in [2.45, 2.75) is 12.5 Å². The van der Waals surface area contributed by atoms with E-state index in [9.17, 15) is 14.0 Å². The Labute approximate surface area is 125 Å². The van der Waals surface area contributed by atoms with Crippen LogP contribution < -0.4 is 10.2 Å². The van der Waals surface area contributed by atoms with Crippen LogP contribution in [0.1, 0.15) is 16.1 Å². The molecule has 0 aliphatic carbocycles. The van der Waals surface area contributed by atoms with E-state index in [-0.39, 0.29) is 30.1 Å². The van der Waals surface area contributed by atoms with Gasteiger partial charge in [-0.2, -0.15) is 0 Å². The highest BCUT2D eigenvalue weighted by molar-refractivity contribution is 7.12. The molecule has 1 aromatic heterocycles. The average molecular weight is 304 g/mol. The van der Waals surface area contributed by atoms with Gasteiger partial charge in [0.1, 0.15) is 5.82 Å². The maximum absolute atomic E-state index is 12.9. The SMILES string of the molecule is O=C(N[C@@H]1CC(=O)N(c2ccc(F)cc2)C1)c1cccs1. The van der Waals surface area contributed by atoms with Crippen molar-refractivity contribution in [3.8, 4) is 0 Å². The van der Waals surface area contributed by atoms with Crippen LogP contribution in [0.4, 0.5) is 10.1 Å². The molecule has 2 aromatic rings. The number of carbonyl (C=O) groups is 2. The summed E-state index contributed by atoms with van der Waals surface area (Å²) in [6, 6.07) is 9.10. The zero-order chi connectivity index (χ0) is 14.8. The van der Waals surface area contributed by atoms with Crippen molar-refractivity contribution in [2.75, 3.05) is 11.4 Å². The summed E-state index contributed by atoms with van der Waals surface area (Å²) in [5, 5.41) is 4.69. The maximum atomic E-state index is 12.9. The first-order valence-electron chi connectivity index (χ1n) is 6.54. The Morgan fingerprint density at radius 1 is 1.29 bits per heavy atom. The number of hydrogen-bond donors (Lipinski definition) is 1. The summed E-state index contributed by atoms with van der Waals surface area (Å²) >= 11 is 1.36. The number of carbonyl (C=O) groups excluding carboxylic acids is 2. The Balaban J connectivity index is 1.67. The summed E-state index contributed by atoms with van der Waals surface area (Å²) < 4.78 is 12.9. The highest BCUT2D eigenvalue weighted by Crippen LogP contribution is 2.22. The molecule has 0 bridgehead atoms. The molecule has 21 heavy (non-hydrogen) atoms. The van der Waals surface area contributed by atoms with Gasteiger partial charge < -0.3 is 10.2 Å². The van der Waals surface area contributed by atoms with Crippen molar-refractivity contribution < 1.29 is 14.0 Å². The first-order valence-corrected chi connectivity index (χ1v) is 7.42. The van der Waals surface area contributed by atoms with E-state index in [2.05, 4.69) is 5.32 Å². The van der Waals surface area contributed by atoms with E-state index in [0.29, 0.717) is 17.1 Å². The minimum Gasteiger partial charge on any atom is -0.346 e. The minimum absolute atomic E-state index is 0.0712. The third kappa shape index (κ3) is 2.95. The van der Waals surface area contributed by atoms with Gasteiger partial charge >= 0.3 is 0 Å². The van der Waals surface area contributed by atoms with Gasteiger partial charge in [0, 0.05) is 18.7 Å². The van der Waals surface area contributed by atoms with Crippen LogP contribution in [0.3, 0.4) is 0 Å². The maximum Gasteiger partial charge on any atom is 0.261 e. The van der Waals surface area contributed by atoms with Gasteiger partial charge in [0.05, 0.1) is 10.9 Å². The van der Waals surface area contributed by atoms with Gasteiger partial charge in [-0.25, -0.2) is 4.39 Å². The van der Waals surface area contributed by atoms with Crippen molar-refractivity contribution in [1.29, 1.82) is 0 Å². The Kier molecular flexibility index (Phi) is 3.70. The second kappa shape index (κ2) is 5.65. The molecule has 1 aliphatic heterocycles. The van der Waals surface area contributed by atoms with Crippen LogP contribution in [0.15, 0.2) is 41.8 Å². The van der Waals surface area contributed by atoms with Gasteiger partial charge in [0.2, 0.25) is 5.91 Å². The summed E-state index contributed by atoms with van der Waals surface area (Å²) in [6.07, 6.45) is 0.258. The third-order valence-electron chi connectivity index (χ3n) is 3.34. The predicted octanol–water partition coefficient (Wildman–Crippen LogP) is 2.42. The molecule has 2 heterocycles. The Morgan fingerprint density at radius 2 is 2.05 bits per heavy atom. The number of anilines is 1. The summed E-state index contributed by atoms with van der Waals surface area (Å²) in [6.45, 7) is 0.404. The summed E-state index contributed by atoms with van der Waals surface area (Å²) in [5.74, 6) is -0.574. The molecule has 1 saturated heterocycles. The Morgan fingerprint density at radius 3 is 2.71 bits per heavy atom. The minimum atomic E-state index is -0.340. The van der Waals surface area contributed by atoms with E-state index in [1.807, 2.05) is 11.4 Å². The number of hydrogen-bond acceptors (Lipinski definition) is 3. The van der Waals surface area contributed by atoms with Crippen molar-refractivity contribution in [3.05, 3.63) is 52.5 Å². The zero-order valence-electron chi connectivity index (χ0n) is 11.1. The van der Waals surface area contributed by atoms with Crippen LogP contribution in [0.2, 0.25) is 0 Å². The van der Waals surface area contributed by atoms with E-state index in [4.69, 9.17) is 0 Å². The van der Waals surface area contributed by atoms with Gasteiger partial charge in [-0.05, 0) is 35.7 Å². The van der Waals surface area contributed by atoms with E-state index in [0.717, 1.165) is 0 Å². The van der Waals surface area contributed by atoms with Crippen LogP contribution in [0.5, 0.6) is 0 Å². The smallest absolute Gasteiger partial charge is 0.261 e. The van der Waals surface area contributed by atoms with E-state index >= 15 is 0 Å². The molecule has 0 saturated carbocycles. The third-order valence-corrected chi connectivity index (χ3v) is 4.21. The normalized spacial score (nSPS) is 18.0. The molecule has 0 unspecified atom stereocenters. The molecule has 0 radical (unpaired) electrons. The lowest BCUT2D eigenvalue weighted by molar-refractivity contribution is -0.117. The first kappa shape index (κ1) is 13.8. The molecule has 1 aromatic carbocycles. The molecular weight excluding hydrogens is 291 g/mol. The second-order valence-corrected chi connectivity index (χ2v) is 5.78. The van der Waals surface area contributed by atoms with Gasteiger partial charge in [-0.1, -0.05) is 6.07 Å². The van der Waals surface area contributed by atoms with Crippen LogP contribution in [-0.2, 0) is 4.79 Å². The molecule has 6 heteroatoms. The molecular formula is C15H13FN2O2S. The Bertz CT molecular complexity index is 655. The van der Waals surface area contributed by atoms with Crippen LogP contribution in [0.25, 0.3) is 0 Å². The molecule has 3 rings (SSSR count). The van der Waals surface area contributed by atoms with Crippen molar-refractivity contribution >= 4 is 28.8 Å². The van der Waals surface area contributed by atoms with E-state index < -0.39 is 0 Å². The lowest BCUT2D eigenvalue weighted by atomic mass is 10.2. The van der Waals surface area contributed by atoms with Crippen molar-refractivity contribution in [3.63, 3.8) is 0 Å². The Hall–Kier alpha value is -2.21. The number of rotatable bonds is 3. The van der Waals surface area contributed by atoms with Crippen LogP contribution in [-0.4, -0.2) is 24.4 Å². The van der Waals surface area contributed by atoms with Crippen LogP contribution >= 0.6 is 11.3 Å². The molecule has 0 spiro atoms. The molecule has 1 atom stereocenters. The van der Waals surface area contributed by atoms with E-state index in [1.54, 1.807) is 23.1 Å². The number of halogens is 1. The van der Waals surface area contributed by atoms with Gasteiger partial charge in [0.25, 0.3) is 5.91 Å². The lowest BCUT2D eigenvalue weighted by Gasteiger charge is -2.17. The zero-order valence-corrected chi connectivity index (χ0v) is 11.9. The standard InChI is InChI=1S/C15H13FN2O2S/c16-10-3-5-12(6-4-10)18-9-11(8-14(18)19)17-15(20)13-2-1-7-21-13/h1-7,11H,8-9H2,(H,17,20)/t11-/m1/s1. The molecule has 108 valence electrons. The van der Waals surface area contributed by atoms with Crippen LogP contribution in [0, 0.1) is 5.82 Å². The fourth-order valence-electron chi connectivity index (χ4n) is 2.34. The predicted molar refractivity (Wildman–Crippen MR) is 78.9 cm³/mol. The second-order valence-electron chi connectivity index (χ2n) is 4.83. The molecule has 4 nitrogen and oxygen atoms in total. The van der Waals surface area contributed by atoms with Crippen molar-refractivity contribution in [1.82, 2.24) is 5.32 Å². The summed E-state index contributed by atoms with van der Waals surface area (Å²) in [4.78, 5) is 26.2. The van der Waals surface area contributed by atoms with Gasteiger partial charge in [-0.15, -0.1) is 11.3 Å². The first-order chi connectivity index (χ1) is 10.1. The highest BCUT2D eigenvalue weighted by Gasteiger charge is 2.31. The summed E-state index contributed by atoms with van der Waals surface area (Å²) in [7, 11) is 0. The quantitative estimate of drug-likeness (QED) is 0.947. The summed E-state index contributed by atoms with van der Waals surface area (Å²) in [5.41, 5.74) is 0.647. The topological polar surface area (TPSA) is 49.4 Å². The lowest BCUT2D eigenvalue weighted by Crippen LogP contribution is -2.36. The molecule has 1 fully saturated rings. The van der Waals surface area contributed by atoms with Gasteiger partial charge in [-0.3, -0.25) is 9.59 Å². The number of benzene rings is 1. The number of nitrogens with zero attached hydrogens (tertiary/aromatic N) is 1. The van der Waals surface area contributed by atoms with Gasteiger partial charge in [0.15, 0.2) is 0 Å². The largest absolute Gasteiger partial charge is 0.346 e. The van der Waals surface area contributed by atoms with E-state index in [1.165, 1.54) is 23.5 Å². The number of thiophene rings is 1. The van der Waals surface area contributed by atoms with Crippen molar-refractivity contribution in [2.24, 2.45) is 0 Å².